The fourth-order valence-corrected chi connectivity index (χ4v) is 6.19. The zero-order valence-corrected chi connectivity index (χ0v) is 28.0. The van der Waals surface area contributed by atoms with Gasteiger partial charge in [0.05, 0.1) is 37.6 Å². The second kappa shape index (κ2) is 18.0. The van der Waals surface area contributed by atoms with Gasteiger partial charge in [-0.25, -0.2) is 0 Å². The molecule has 48 heavy (non-hydrogen) atoms. The zero-order valence-electron chi connectivity index (χ0n) is 28.0. The standard InChI is InChI=1S/C30H54N2O16/c1-6-7-8-43-28-13(2)25(22(40)18(11-33)44-28)46-29-24(42)27(23(41)19(12-34)45-29)48-30(5)9-16(37)20(32-15(4)36)26(47-30)21(39)17(38)10-31-14(3)35/h13,16-29,33-34,37-42H,6-12H2,1-5H3,(H,31,35)(H,32,36)/t13?,16-,17-,18?,19?,20-,21-,22+,23+,24?,25-,26?,27+,28-,29+,30-/m1/s1. The lowest BCUT2D eigenvalue weighted by atomic mass is 9.88. The molecule has 0 aromatic heterocycles. The van der Waals surface area contributed by atoms with Crippen LogP contribution < -0.4 is 10.6 Å². The Kier molecular flexibility index (Phi) is 15.3. The molecule has 5 unspecified atom stereocenters. The molecule has 18 nitrogen and oxygen atoms in total. The number of nitrogens with one attached hydrogen (secondary N) is 2. The van der Waals surface area contributed by atoms with Gasteiger partial charge in [0.25, 0.3) is 0 Å². The van der Waals surface area contributed by atoms with E-state index >= 15 is 0 Å². The largest absolute Gasteiger partial charge is 0.394 e. The molecule has 3 fully saturated rings. The Morgan fingerprint density at radius 1 is 0.938 bits per heavy atom. The third kappa shape index (κ3) is 10.0. The van der Waals surface area contributed by atoms with Gasteiger partial charge in [0.15, 0.2) is 18.4 Å². The highest BCUT2D eigenvalue weighted by Crippen LogP contribution is 2.38. The molecule has 18 heteroatoms. The van der Waals surface area contributed by atoms with E-state index in [1.807, 2.05) is 6.92 Å². The molecule has 3 aliphatic heterocycles. The topological polar surface area (TPSA) is 275 Å². The van der Waals surface area contributed by atoms with Crippen molar-refractivity contribution in [3.8, 4) is 0 Å². The molecule has 0 spiro atoms. The number of ether oxygens (including phenoxy) is 6. The Labute approximate surface area is 279 Å². The van der Waals surface area contributed by atoms with E-state index in [-0.39, 0.29) is 13.0 Å². The number of rotatable bonds is 15. The Morgan fingerprint density at radius 2 is 1.54 bits per heavy atom. The van der Waals surface area contributed by atoms with E-state index in [0.717, 1.165) is 12.8 Å². The summed E-state index contributed by atoms with van der Waals surface area (Å²) < 4.78 is 35.4. The third-order valence-corrected chi connectivity index (χ3v) is 8.83. The molecule has 0 aromatic carbocycles. The van der Waals surface area contributed by atoms with Crippen molar-refractivity contribution in [2.24, 2.45) is 5.92 Å². The number of hydrogen-bond acceptors (Lipinski definition) is 16. The van der Waals surface area contributed by atoms with Crippen LogP contribution >= 0.6 is 0 Å². The van der Waals surface area contributed by atoms with Gasteiger partial charge < -0.3 is 79.9 Å². The van der Waals surface area contributed by atoms with Gasteiger partial charge in [0.1, 0.15) is 48.8 Å². The van der Waals surface area contributed by atoms with Crippen molar-refractivity contribution in [1.82, 2.24) is 10.6 Å². The molecule has 0 aliphatic carbocycles. The molecule has 0 bridgehead atoms. The number of amides is 2. The second-order valence-corrected chi connectivity index (χ2v) is 12.9. The lowest BCUT2D eigenvalue weighted by Crippen LogP contribution is -2.68. The van der Waals surface area contributed by atoms with E-state index in [1.165, 1.54) is 20.8 Å². The lowest BCUT2D eigenvalue weighted by Gasteiger charge is -2.51. The maximum atomic E-state index is 11.9. The molecule has 0 saturated carbocycles. The van der Waals surface area contributed by atoms with Crippen LogP contribution in [-0.4, -0.2) is 171 Å². The third-order valence-electron chi connectivity index (χ3n) is 8.83. The molecule has 10 N–H and O–H groups in total. The van der Waals surface area contributed by atoms with Crippen LogP contribution in [0.25, 0.3) is 0 Å². The minimum Gasteiger partial charge on any atom is -0.394 e. The van der Waals surface area contributed by atoms with Gasteiger partial charge in [-0.1, -0.05) is 20.3 Å². The molecule has 280 valence electrons. The summed E-state index contributed by atoms with van der Waals surface area (Å²) in [6, 6.07) is -1.24. The molecule has 3 rings (SSSR count). The first-order chi connectivity index (χ1) is 22.6. The summed E-state index contributed by atoms with van der Waals surface area (Å²) in [4.78, 5) is 23.3. The highest BCUT2D eigenvalue weighted by atomic mass is 16.7. The summed E-state index contributed by atoms with van der Waals surface area (Å²) in [5.41, 5.74) is 0. The van der Waals surface area contributed by atoms with Gasteiger partial charge >= 0.3 is 0 Å². The SMILES string of the molecule is CCCCO[C@@H]1OC(CO)[C@H](O)[C@H](O[C@@H]2OC(CO)[C@H](O)[C@H](O[C@]3(C)C[C@@H](O)[C@@H](NC(C)=O)C([C@H](O)[C@H](O)CNC(C)=O)O3)C2O)C1C. The number of aliphatic hydroxyl groups excluding tert-OH is 8. The van der Waals surface area contributed by atoms with Crippen LogP contribution in [0, 0.1) is 5.92 Å². The summed E-state index contributed by atoms with van der Waals surface area (Å²) in [5, 5.41) is 90.9. The van der Waals surface area contributed by atoms with Crippen molar-refractivity contribution < 1.29 is 78.9 Å². The van der Waals surface area contributed by atoms with Crippen LogP contribution in [0.1, 0.15) is 53.9 Å². The summed E-state index contributed by atoms with van der Waals surface area (Å²) in [7, 11) is 0. The highest BCUT2D eigenvalue weighted by Gasteiger charge is 2.55. The number of carbonyl (C=O) groups is 2. The van der Waals surface area contributed by atoms with E-state index in [4.69, 9.17) is 28.4 Å². The molecule has 3 heterocycles. The van der Waals surface area contributed by atoms with Crippen LogP contribution in [0.15, 0.2) is 0 Å². The quantitative estimate of drug-likeness (QED) is 0.0729. The van der Waals surface area contributed by atoms with Gasteiger partial charge in [0.2, 0.25) is 11.8 Å². The molecule has 0 radical (unpaired) electrons. The number of hydrogen-bond donors (Lipinski definition) is 10. The monoisotopic (exact) mass is 698 g/mol. The Morgan fingerprint density at radius 3 is 2.10 bits per heavy atom. The second-order valence-electron chi connectivity index (χ2n) is 12.9. The molecular formula is C30H54N2O16. The van der Waals surface area contributed by atoms with E-state index < -0.39 is 122 Å². The summed E-state index contributed by atoms with van der Waals surface area (Å²) >= 11 is 0. The fraction of sp³-hybridized carbons (Fsp3) is 0.933. The average molecular weight is 699 g/mol. The van der Waals surface area contributed by atoms with Gasteiger partial charge in [-0.15, -0.1) is 0 Å². The minimum absolute atomic E-state index is 0.344. The zero-order chi connectivity index (χ0) is 35.9. The summed E-state index contributed by atoms with van der Waals surface area (Å²) in [5.74, 6) is -3.59. The van der Waals surface area contributed by atoms with Crippen molar-refractivity contribution in [3.05, 3.63) is 0 Å². The minimum atomic E-state index is -1.89. The van der Waals surface area contributed by atoms with Crippen LogP contribution in [-0.2, 0) is 38.0 Å². The normalized spacial score (nSPS) is 41.7. The van der Waals surface area contributed by atoms with E-state index in [0.29, 0.717) is 6.61 Å². The Balaban J connectivity index is 1.85. The van der Waals surface area contributed by atoms with Crippen LogP contribution in [0.3, 0.4) is 0 Å². The Hall–Kier alpha value is -1.62. The summed E-state index contributed by atoms with van der Waals surface area (Å²) in [6.07, 6.45) is -17.7. The van der Waals surface area contributed by atoms with Crippen LogP contribution in [0.5, 0.6) is 0 Å². The fourth-order valence-electron chi connectivity index (χ4n) is 6.19. The predicted octanol–water partition coefficient (Wildman–Crippen LogP) is -4.04. The van der Waals surface area contributed by atoms with Crippen molar-refractivity contribution in [1.29, 1.82) is 0 Å². The summed E-state index contributed by atoms with van der Waals surface area (Å²) in [6.45, 7) is 6.03. The van der Waals surface area contributed by atoms with Crippen molar-refractivity contribution in [2.45, 2.75) is 145 Å². The van der Waals surface area contributed by atoms with E-state index in [1.54, 1.807) is 6.92 Å². The highest BCUT2D eigenvalue weighted by molar-refractivity contribution is 5.73. The van der Waals surface area contributed by atoms with Crippen molar-refractivity contribution in [3.63, 3.8) is 0 Å². The molecule has 16 atom stereocenters. The molecular weight excluding hydrogens is 644 g/mol. The van der Waals surface area contributed by atoms with Gasteiger partial charge in [-0.3, -0.25) is 9.59 Å². The molecule has 3 saturated heterocycles. The van der Waals surface area contributed by atoms with Crippen LogP contribution in [0.4, 0.5) is 0 Å². The van der Waals surface area contributed by atoms with Crippen molar-refractivity contribution in [2.75, 3.05) is 26.4 Å². The maximum absolute atomic E-state index is 11.9. The van der Waals surface area contributed by atoms with Crippen molar-refractivity contribution >= 4 is 11.8 Å². The van der Waals surface area contributed by atoms with Gasteiger partial charge in [0, 0.05) is 39.3 Å². The van der Waals surface area contributed by atoms with E-state index in [9.17, 15) is 50.4 Å². The average Bonchev–Trinajstić information content (AvgIpc) is 3.03. The van der Waals surface area contributed by atoms with E-state index in [2.05, 4.69) is 10.6 Å². The molecule has 2 amide bonds. The molecule has 3 aliphatic rings. The maximum Gasteiger partial charge on any atom is 0.217 e. The first kappa shape index (κ1) is 40.8. The number of unbranched alkanes of at least 4 members (excludes halogenated alkanes) is 1. The number of aliphatic hydroxyl groups is 8. The number of carbonyl (C=O) groups excluding carboxylic acids is 2. The van der Waals surface area contributed by atoms with Gasteiger partial charge in [-0.2, -0.15) is 0 Å². The predicted molar refractivity (Wildman–Crippen MR) is 161 cm³/mol. The van der Waals surface area contributed by atoms with Crippen LogP contribution in [0.2, 0.25) is 0 Å². The Bertz CT molecular complexity index is 1030. The molecule has 0 aromatic rings. The first-order valence-electron chi connectivity index (χ1n) is 16.3. The first-order valence-corrected chi connectivity index (χ1v) is 16.3. The lowest BCUT2D eigenvalue weighted by molar-refractivity contribution is -0.386. The van der Waals surface area contributed by atoms with Gasteiger partial charge in [-0.05, 0) is 13.3 Å². The smallest absolute Gasteiger partial charge is 0.217 e.